The van der Waals surface area contributed by atoms with E-state index in [4.69, 9.17) is 5.73 Å². The van der Waals surface area contributed by atoms with Gasteiger partial charge in [0.15, 0.2) is 0 Å². The van der Waals surface area contributed by atoms with Crippen molar-refractivity contribution in [2.75, 3.05) is 39.0 Å². The minimum Gasteiger partial charge on any atom is -0.399 e. The Balaban J connectivity index is 1.83. The molecule has 1 aromatic rings. The molecule has 18 heavy (non-hydrogen) atoms. The van der Waals surface area contributed by atoms with Crippen molar-refractivity contribution in [1.29, 1.82) is 0 Å². The largest absolute Gasteiger partial charge is 0.399 e. The highest BCUT2D eigenvalue weighted by Gasteiger charge is 2.22. The Hall–Kier alpha value is -1.06. The molecule has 0 aromatic heterocycles. The zero-order valence-electron chi connectivity index (χ0n) is 11.6. The molecule has 0 saturated carbocycles. The van der Waals surface area contributed by atoms with Crippen LogP contribution >= 0.6 is 0 Å². The van der Waals surface area contributed by atoms with Gasteiger partial charge in [0.05, 0.1) is 0 Å². The molecule has 1 unspecified atom stereocenters. The third kappa shape index (κ3) is 3.47. The SMILES string of the molecule is CCC1CN(CCc2cccc(N)c2)CCN1C. The van der Waals surface area contributed by atoms with Crippen molar-refractivity contribution in [2.24, 2.45) is 0 Å². The molecular weight excluding hydrogens is 222 g/mol. The van der Waals surface area contributed by atoms with Gasteiger partial charge in [-0.1, -0.05) is 19.1 Å². The van der Waals surface area contributed by atoms with Crippen LogP contribution in [0.15, 0.2) is 24.3 Å². The van der Waals surface area contributed by atoms with E-state index in [0.717, 1.165) is 24.7 Å². The van der Waals surface area contributed by atoms with Crippen molar-refractivity contribution in [3.05, 3.63) is 29.8 Å². The summed E-state index contributed by atoms with van der Waals surface area (Å²) in [5, 5.41) is 0. The molecule has 1 atom stereocenters. The van der Waals surface area contributed by atoms with Crippen molar-refractivity contribution < 1.29 is 0 Å². The van der Waals surface area contributed by atoms with Crippen LogP contribution in [0.2, 0.25) is 0 Å². The van der Waals surface area contributed by atoms with Gasteiger partial charge in [-0.25, -0.2) is 0 Å². The fraction of sp³-hybridized carbons (Fsp3) is 0.600. The van der Waals surface area contributed by atoms with Crippen molar-refractivity contribution in [1.82, 2.24) is 9.80 Å². The molecule has 2 N–H and O–H groups in total. The van der Waals surface area contributed by atoms with E-state index >= 15 is 0 Å². The molecule has 2 rings (SSSR count). The van der Waals surface area contributed by atoms with E-state index in [9.17, 15) is 0 Å². The summed E-state index contributed by atoms with van der Waals surface area (Å²) in [6.45, 7) is 7.01. The van der Waals surface area contributed by atoms with Gasteiger partial charge in [-0.2, -0.15) is 0 Å². The molecule has 1 fully saturated rings. The first-order valence-corrected chi connectivity index (χ1v) is 6.96. The van der Waals surface area contributed by atoms with Gasteiger partial charge in [0, 0.05) is 37.9 Å². The van der Waals surface area contributed by atoms with Gasteiger partial charge >= 0.3 is 0 Å². The van der Waals surface area contributed by atoms with Crippen LogP contribution in [0.5, 0.6) is 0 Å². The predicted molar refractivity (Wildman–Crippen MR) is 77.7 cm³/mol. The Morgan fingerprint density at radius 2 is 2.17 bits per heavy atom. The highest BCUT2D eigenvalue weighted by Crippen LogP contribution is 2.12. The van der Waals surface area contributed by atoms with Gasteiger partial charge in [0.1, 0.15) is 0 Å². The topological polar surface area (TPSA) is 32.5 Å². The first-order valence-electron chi connectivity index (χ1n) is 6.96. The van der Waals surface area contributed by atoms with Crippen LogP contribution < -0.4 is 5.73 Å². The minimum atomic E-state index is 0.722. The minimum absolute atomic E-state index is 0.722. The maximum Gasteiger partial charge on any atom is 0.0316 e. The summed E-state index contributed by atoms with van der Waals surface area (Å²) in [6, 6.07) is 8.98. The number of piperazine rings is 1. The lowest BCUT2D eigenvalue weighted by Gasteiger charge is -2.39. The number of nitrogens with zero attached hydrogens (tertiary/aromatic N) is 2. The Bertz CT molecular complexity index is 378. The van der Waals surface area contributed by atoms with Crippen LogP contribution in [-0.4, -0.2) is 49.1 Å². The van der Waals surface area contributed by atoms with E-state index in [-0.39, 0.29) is 0 Å². The molecule has 3 heteroatoms. The molecule has 3 nitrogen and oxygen atoms in total. The van der Waals surface area contributed by atoms with E-state index in [1.165, 1.54) is 31.6 Å². The third-order valence-electron chi connectivity index (χ3n) is 4.00. The molecule has 0 amide bonds. The standard InChI is InChI=1S/C15H25N3/c1-3-15-12-18(10-9-17(15)2)8-7-13-5-4-6-14(16)11-13/h4-6,11,15H,3,7-10,12,16H2,1-2H3. The average molecular weight is 247 g/mol. The summed E-state index contributed by atoms with van der Waals surface area (Å²) < 4.78 is 0. The number of hydrogen-bond donors (Lipinski definition) is 1. The fourth-order valence-electron chi connectivity index (χ4n) is 2.69. The van der Waals surface area contributed by atoms with E-state index in [1.807, 2.05) is 12.1 Å². The Labute approximate surface area is 111 Å². The molecule has 0 spiro atoms. The molecule has 1 saturated heterocycles. The number of nitrogen functional groups attached to an aromatic ring is 1. The maximum absolute atomic E-state index is 5.81. The first kappa shape index (κ1) is 13.4. The van der Waals surface area contributed by atoms with E-state index < -0.39 is 0 Å². The summed E-state index contributed by atoms with van der Waals surface area (Å²) in [5.74, 6) is 0. The van der Waals surface area contributed by atoms with Crippen LogP contribution in [0.1, 0.15) is 18.9 Å². The Morgan fingerprint density at radius 3 is 2.89 bits per heavy atom. The molecule has 1 heterocycles. The molecule has 0 radical (unpaired) electrons. The fourth-order valence-corrected chi connectivity index (χ4v) is 2.69. The zero-order valence-corrected chi connectivity index (χ0v) is 11.6. The second-order valence-electron chi connectivity index (χ2n) is 5.34. The number of nitrogens with two attached hydrogens (primary N) is 1. The molecule has 0 bridgehead atoms. The second-order valence-corrected chi connectivity index (χ2v) is 5.34. The highest BCUT2D eigenvalue weighted by atomic mass is 15.3. The molecule has 1 aliphatic heterocycles. The lowest BCUT2D eigenvalue weighted by atomic mass is 10.1. The quantitative estimate of drug-likeness (QED) is 0.824. The zero-order chi connectivity index (χ0) is 13.0. The first-order chi connectivity index (χ1) is 8.69. The second kappa shape index (κ2) is 6.21. The van der Waals surface area contributed by atoms with Crippen LogP contribution in [0.25, 0.3) is 0 Å². The smallest absolute Gasteiger partial charge is 0.0316 e. The molecule has 1 aromatic carbocycles. The summed E-state index contributed by atoms with van der Waals surface area (Å²) in [7, 11) is 2.24. The summed E-state index contributed by atoms with van der Waals surface area (Å²) in [5.41, 5.74) is 8.03. The normalized spacial score (nSPS) is 22.2. The molecule has 1 aliphatic rings. The summed E-state index contributed by atoms with van der Waals surface area (Å²) >= 11 is 0. The van der Waals surface area contributed by atoms with Crippen LogP contribution in [0, 0.1) is 0 Å². The van der Waals surface area contributed by atoms with Gasteiger partial charge in [0.25, 0.3) is 0 Å². The van der Waals surface area contributed by atoms with Crippen molar-refractivity contribution >= 4 is 5.69 Å². The van der Waals surface area contributed by atoms with Crippen LogP contribution in [0.3, 0.4) is 0 Å². The van der Waals surface area contributed by atoms with E-state index in [0.29, 0.717) is 0 Å². The highest BCUT2D eigenvalue weighted by molar-refractivity contribution is 5.40. The predicted octanol–water partition coefficient (Wildman–Crippen LogP) is 1.84. The molecule has 100 valence electrons. The van der Waals surface area contributed by atoms with Gasteiger partial charge in [-0.05, 0) is 37.6 Å². The molecular formula is C15H25N3. The van der Waals surface area contributed by atoms with Gasteiger partial charge in [0.2, 0.25) is 0 Å². The third-order valence-corrected chi connectivity index (χ3v) is 4.00. The van der Waals surface area contributed by atoms with Crippen LogP contribution in [-0.2, 0) is 6.42 Å². The molecule has 0 aliphatic carbocycles. The van der Waals surface area contributed by atoms with E-state index in [1.54, 1.807) is 0 Å². The number of likely N-dealkylation sites (N-methyl/N-ethyl adjacent to an activating group) is 1. The number of benzene rings is 1. The number of anilines is 1. The Morgan fingerprint density at radius 1 is 1.33 bits per heavy atom. The van der Waals surface area contributed by atoms with Gasteiger partial charge in [-0.3, -0.25) is 0 Å². The van der Waals surface area contributed by atoms with Crippen molar-refractivity contribution in [3.8, 4) is 0 Å². The van der Waals surface area contributed by atoms with Crippen molar-refractivity contribution in [3.63, 3.8) is 0 Å². The number of hydrogen-bond acceptors (Lipinski definition) is 3. The lowest BCUT2D eigenvalue weighted by molar-refractivity contribution is 0.0942. The number of rotatable bonds is 4. The Kier molecular flexibility index (Phi) is 4.61. The maximum atomic E-state index is 5.81. The average Bonchev–Trinajstić information content (AvgIpc) is 2.38. The van der Waals surface area contributed by atoms with Crippen LogP contribution in [0.4, 0.5) is 5.69 Å². The monoisotopic (exact) mass is 247 g/mol. The van der Waals surface area contributed by atoms with Gasteiger partial charge in [-0.15, -0.1) is 0 Å². The summed E-state index contributed by atoms with van der Waals surface area (Å²) in [6.07, 6.45) is 2.34. The summed E-state index contributed by atoms with van der Waals surface area (Å²) in [4.78, 5) is 5.06. The van der Waals surface area contributed by atoms with Crippen molar-refractivity contribution in [2.45, 2.75) is 25.8 Å². The van der Waals surface area contributed by atoms with E-state index in [2.05, 4.69) is 35.9 Å². The lowest BCUT2D eigenvalue weighted by Crippen LogP contribution is -2.51. The van der Waals surface area contributed by atoms with Gasteiger partial charge < -0.3 is 15.5 Å².